The van der Waals surface area contributed by atoms with Crippen LogP contribution in [0.1, 0.15) is 367 Å². The lowest BCUT2D eigenvalue weighted by molar-refractivity contribution is -0.167. The molecule has 0 fully saturated rings. The minimum absolute atomic E-state index is 0.0936. The number of unbranched alkanes of at least 4 members (excludes halogenated alkanes) is 42. The normalized spacial score (nSPS) is 12.5. The first-order chi connectivity index (χ1) is 40.0. The third kappa shape index (κ3) is 67.5. The van der Waals surface area contributed by atoms with Crippen molar-refractivity contribution in [2.45, 2.75) is 374 Å². The number of esters is 3. The Bertz CT molecular complexity index is 1490. The van der Waals surface area contributed by atoms with Crippen LogP contribution in [0.5, 0.6) is 0 Å². The molecule has 6 nitrogen and oxygen atoms in total. The zero-order chi connectivity index (χ0) is 58.5. The van der Waals surface area contributed by atoms with E-state index in [2.05, 4.69) is 93.7 Å². The maximum atomic E-state index is 12.9. The molecule has 0 saturated heterocycles. The molecule has 0 aromatic rings. The number of allylic oxidation sites excluding steroid dienone is 12. The van der Waals surface area contributed by atoms with Gasteiger partial charge in [-0.05, 0) is 83.5 Å². The minimum Gasteiger partial charge on any atom is -0.462 e. The van der Waals surface area contributed by atoms with E-state index in [4.69, 9.17) is 14.2 Å². The molecule has 0 amide bonds. The third-order valence-corrected chi connectivity index (χ3v) is 15.7. The Balaban J connectivity index is 4.16. The molecule has 1 atom stereocenters. The predicted molar refractivity (Wildman–Crippen MR) is 353 cm³/mol. The Morgan fingerprint density at radius 3 is 0.802 bits per heavy atom. The van der Waals surface area contributed by atoms with Crippen LogP contribution >= 0.6 is 0 Å². The smallest absolute Gasteiger partial charge is 0.306 e. The van der Waals surface area contributed by atoms with Crippen molar-refractivity contribution in [1.82, 2.24) is 0 Å². The van der Waals surface area contributed by atoms with E-state index in [0.29, 0.717) is 19.3 Å². The van der Waals surface area contributed by atoms with E-state index >= 15 is 0 Å². The molecular formula is C75H134O6. The van der Waals surface area contributed by atoms with Gasteiger partial charge in [-0.2, -0.15) is 0 Å². The van der Waals surface area contributed by atoms with Crippen molar-refractivity contribution in [2.75, 3.05) is 13.2 Å². The van der Waals surface area contributed by atoms with E-state index in [1.165, 1.54) is 244 Å². The molecule has 81 heavy (non-hydrogen) atoms. The summed E-state index contributed by atoms with van der Waals surface area (Å²) in [7, 11) is 0. The summed E-state index contributed by atoms with van der Waals surface area (Å²) in [6, 6.07) is 0. The quantitative estimate of drug-likeness (QED) is 0.0261. The number of hydrogen-bond acceptors (Lipinski definition) is 6. The molecule has 0 aliphatic heterocycles. The van der Waals surface area contributed by atoms with Crippen molar-refractivity contribution >= 4 is 17.9 Å². The fourth-order valence-electron chi connectivity index (χ4n) is 10.4. The SMILES string of the molecule is CC/C=C\C/C=C\C/C=C\C/C=C\C/C=C\CCCC(=O)OC(COC(=O)CCCCCCCCCCCCCCC)COC(=O)CCCCCCCCCCCCCCCCCCCCCCC/C=C\CCCCCCCCCC. The molecule has 0 radical (unpaired) electrons. The number of carbonyl (C=O) groups is 3. The van der Waals surface area contributed by atoms with Crippen molar-refractivity contribution in [3.63, 3.8) is 0 Å². The summed E-state index contributed by atoms with van der Waals surface area (Å²) in [5.74, 6) is -0.933. The summed E-state index contributed by atoms with van der Waals surface area (Å²) in [6.07, 6.45) is 91.0. The fourth-order valence-corrected chi connectivity index (χ4v) is 10.4. The van der Waals surface area contributed by atoms with E-state index in [1.807, 2.05) is 0 Å². The summed E-state index contributed by atoms with van der Waals surface area (Å²) >= 11 is 0. The maximum absolute atomic E-state index is 12.9. The van der Waals surface area contributed by atoms with Crippen LogP contribution in [0.15, 0.2) is 72.9 Å². The molecule has 0 spiro atoms. The molecule has 0 aromatic heterocycles. The summed E-state index contributed by atoms with van der Waals surface area (Å²) in [6.45, 7) is 6.53. The van der Waals surface area contributed by atoms with Crippen molar-refractivity contribution in [3.8, 4) is 0 Å². The number of rotatable bonds is 65. The highest BCUT2D eigenvalue weighted by molar-refractivity contribution is 5.71. The fraction of sp³-hybridized carbons (Fsp3) is 0.800. The van der Waals surface area contributed by atoms with E-state index in [9.17, 15) is 14.4 Å². The first-order valence-electron chi connectivity index (χ1n) is 35.4. The second kappa shape index (κ2) is 69.3. The molecule has 0 aromatic carbocycles. The van der Waals surface area contributed by atoms with Gasteiger partial charge in [0.05, 0.1) is 0 Å². The lowest BCUT2D eigenvalue weighted by Gasteiger charge is -2.18. The van der Waals surface area contributed by atoms with Gasteiger partial charge in [0.2, 0.25) is 0 Å². The average Bonchev–Trinajstić information content (AvgIpc) is 3.46. The predicted octanol–water partition coefficient (Wildman–Crippen LogP) is 24.4. The van der Waals surface area contributed by atoms with Crippen molar-refractivity contribution in [1.29, 1.82) is 0 Å². The van der Waals surface area contributed by atoms with Gasteiger partial charge < -0.3 is 14.2 Å². The summed E-state index contributed by atoms with van der Waals surface area (Å²) in [4.78, 5) is 38.3. The third-order valence-electron chi connectivity index (χ3n) is 15.7. The minimum atomic E-state index is -0.803. The van der Waals surface area contributed by atoms with E-state index in [-0.39, 0.29) is 37.5 Å². The van der Waals surface area contributed by atoms with E-state index < -0.39 is 6.10 Å². The molecule has 470 valence electrons. The molecule has 0 aliphatic carbocycles. The summed E-state index contributed by atoms with van der Waals surface area (Å²) in [5, 5.41) is 0. The van der Waals surface area contributed by atoms with Crippen molar-refractivity contribution in [3.05, 3.63) is 72.9 Å². The van der Waals surface area contributed by atoms with Crippen LogP contribution in [0.3, 0.4) is 0 Å². The van der Waals surface area contributed by atoms with Crippen LogP contribution in [0, 0.1) is 0 Å². The molecular weight excluding hydrogens is 997 g/mol. The Kier molecular flexibility index (Phi) is 66.6. The van der Waals surface area contributed by atoms with Crippen LogP contribution in [0.2, 0.25) is 0 Å². The van der Waals surface area contributed by atoms with E-state index in [1.54, 1.807) is 0 Å². The molecule has 0 aliphatic rings. The molecule has 6 heteroatoms. The standard InChI is InChI=1S/C75H134O6/c1-4-7-10-13-16-19-22-25-27-29-30-31-32-33-34-35-36-37-38-39-40-41-42-43-44-46-47-50-53-56-59-62-65-68-74(77)80-71-72(70-79-73(76)67-64-61-58-55-52-49-24-21-18-15-12-9-6-3)81-75(78)69-66-63-60-57-54-51-48-45-28-26-23-20-17-14-11-8-5-2/h8,11,17,20,26,28-30,48,51,57,60,72H,4-7,9-10,12-16,18-19,21-25,27,31-47,49-50,52-56,58-59,61-71H2,1-3H3/b11-8-,20-17-,28-26-,30-29-,51-48-,60-57-. The number of ether oxygens (including phenoxy) is 3. The van der Waals surface area contributed by atoms with Gasteiger partial charge in [0.15, 0.2) is 6.10 Å². The first kappa shape index (κ1) is 77.9. The molecule has 1 unspecified atom stereocenters. The van der Waals surface area contributed by atoms with Crippen molar-refractivity contribution < 1.29 is 28.6 Å². The second-order valence-electron chi connectivity index (χ2n) is 23.8. The van der Waals surface area contributed by atoms with Gasteiger partial charge >= 0.3 is 17.9 Å². The lowest BCUT2D eigenvalue weighted by atomic mass is 10.0. The zero-order valence-corrected chi connectivity index (χ0v) is 54.1. The second-order valence-corrected chi connectivity index (χ2v) is 23.8. The van der Waals surface area contributed by atoms with Crippen LogP contribution in [0.4, 0.5) is 0 Å². The topological polar surface area (TPSA) is 78.9 Å². The van der Waals surface area contributed by atoms with Crippen LogP contribution in [-0.4, -0.2) is 37.2 Å². The highest BCUT2D eigenvalue weighted by atomic mass is 16.6. The Morgan fingerprint density at radius 2 is 0.494 bits per heavy atom. The first-order valence-corrected chi connectivity index (χ1v) is 35.4. The molecule has 0 bridgehead atoms. The maximum Gasteiger partial charge on any atom is 0.306 e. The average molecular weight is 1130 g/mol. The van der Waals surface area contributed by atoms with Gasteiger partial charge in [-0.25, -0.2) is 0 Å². The molecule has 0 rings (SSSR count). The van der Waals surface area contributed by atoms with Crippen LogP contribution in [0.25, 0.3) is 0 Å². The number of carbonyl (C=O) groups excluding carboxylic acids is 3. The zero-order valence-electron chi connectivity index (χ0n) is 54.1. The van der Waals surface area contributed by atoms with Crippen LogP contribution < -0.4 is 0 Å². The van der Waals surface area contributed by atoms with Gasteiger partial charge in [0, 0.05) is 19.3 Å². The highest BCUT2D eigenvalue weighted by Crippen LogP contribution is 2.18. The van der Waals surface area contributed by atoms with Gasteiger partial charge in [0.1, 0.15) is 13.2 Å². The van der Waals surface area contributed by atoms with Crippen molar-refractivity contribution in [2.24, 2.45) is 0 Å². The van der Waals surface area contributed by atoms with Gasteiger partial charge in [0.25, 0.3) is 0 Å². The van der Waals surface area contributed by atoms with Gasteiger partial charge in [-0.15, -0.1) is 0 Å². The monoisotopic (exact) mass is 1130 g/mol. The van der Waals surface area contributed by atoms with Crippen LogP contribution in [-0.2, 0) is 28.6 Å². The summed E-state index contributed by atoms with van der Waals surface area (Å²) < 4.78 is 16.9. The Hall–Kier alpha value is -3.15. The van der Waals surface area contributed by atoms with E-state index in [0.717, 1.165) is 77.0 Å². The Labute approximate surface area is 503 Å². The van der Waals surface area contributed by atoms with Gasteiger partial charge in [-0.3, -0.25) is 14.4 Å². The molecule has 0 heterocycles. The lowest BCUT2D eigenvalue weighted by Crippen LogP contribution is -2.30. The Morgan fingerprint density at radius 1 is 0.259 bits per heavy atom. The summed E-state index contributed by atoms with van der Waals surface area (Å²) in [5.41, 5.74) is 0. The largest absolute Gasteiger partial charge is 0.462 e. The highest BCUT2D eigenvalue weighted by Gasteiger charge is 2.19. The van der Waals surface area contributed by atoms with Gasteiger partial charge in [-0.1, -0.05) is 338 Å². The number of hydrogen-bond donors (Lipinski definition) is 0. The molecule has 0 saturated carbocycles. The molecule has 0 N–H and O–H groups in total.